The van der Waals surface area contributed by atoms with Crippen molar-refractivity contribution in [2.75, 3.05) is 18.1 Å². The number of pyridine rings is 1. The number of carboxylic acids is 1. The van der Waals surface area contributed by atoms with Crippen LogP contribution in [-0.2, 0) is 0 Å². The van der Waals surface area contributed by atoms with Gasteiger partial charge in [0.25, 0.3) is 0 Å². The lowest BCUT2D eigenvalue weighted by molar-refractivity contribution is 0.0695. The minimum atomic E-state index is -1.57. The summed E-state index contributed by atoms with van der Waals surface area (Å²) in [5, 5.41) is 11.7. The number of rotatable bonds is 3. The topological polar surface area (TPSA) is 97.4 Å². The van der Waals surface area contributed by atoms with Crippen molar-refractivity contribution in [2.24, 2.45) is 0 Å². The molecule has 0 saturated carbocycles. The Labute approximate surface area is 150 Å². The summed E-state index contributed by atoms with van der Waals surface area (Å²) in [7, 11) is 1.45. The molecule has 3 rings (SSSR count). The number of aryl methyl sites for hydroxylation is 1. The zero-order valence-corrected chi connectivity index (χ0v) is 14.2. The van der Waals surface area contributed by atoms with Crippen molar-refractivity contribution in [3.8, 4) is 5.69 Å². The number of nitrogens with zero attached hydrogens (tertiary/aromatic N) is 1. The van der Waals surface area contributed by atoms with Gasteiger partial charge in [-0.2, -0.15) is 0 Å². The molecule has 0 fully saturated rings. The fourth-order valence-electron chi connectivity index (χ4n) is 2.92. The number of nitrogen functional groups attached to an aromatic ring is 1. The highest BCUT2D eigenvalue weighted by Crippen LogP contribution is 2.29. The Hall–Kier alpha value is -3.49. The van der Waals surface area contributed by atoms with Gasteiger partial charge in [-0.3, -0.25) is 4.79 Å². The quantitative estimate of drug-likeness (QED) is 0.610. The van der Waals surface area contributed by atoms with Gasteiger partial charge in [0.05, 0.1) is 28.0 Å². The van der Waals surface area contributed by atoms with Gasteiger partial charge in [0.2, 0.25) is 5.43 Å². The van der Waals surface area contributed by atoms with Gasteiger partial charge < -0.3 is 20.7 Å². The number of carboxylic acid groups (broad SMARTS) is 1. The van der Waals surface area contributed by atoms with Crippen LogP contribution in [0.1, 0.15) is 15.9 Å². The van der Waals surface area contributed by atoms with Gasteiger partial charge in [-0.15, -0.1) is 0 Å². The van der Waals surface area contributed by atoms with Crippen molar-refractivity contribution in [3.63, 3.8) is 0 Å². The normalized spacial score (nSPS) is 11.0. The molecule has 0 bridgehead atoms. The van der Waals surface area contributed by atoms with Crippen LogP contribution < -0.4 is 16.5 Å². The molecule has 0 unspecified atom stereocenters. The second-order valence-electron chi connectivity index (χ2n) is 5.88. The molecule has 0 aliphatic heterocycles. The first-order valence-electron chi connectivity index (χ1n) is 7.71. The predicted molar refractivity (Wildman–Crippen MR) is 95.1 cm³/mol. The summed E-state index contributed by atoms with van der Waals surface area (Å²) in [5.74, 6) is -4.33. The SMILES string of the molecule is CNc1cc2c(c(C)c1F)c(=O)c(C(=O)O)cn2-c1cc(N)c(F)cc1F. The molecule has 1 heterocycles. The fraction of sp³-hybridized carbons (Fsp3) is 0.111. The Kier molecular flexibility index (Phi) is 4.30. The molecule has 3 aromatic rings. The number of anilines is 2. The molecule has 140 valence electrons. The first kappa shape index (κ1) is 18.3. The molecule has 0 aliphatic carbocycles. The second-order valence-corrected chi connectivity index (χ2v) is 5.88. The van der Waals surface area contributed by atoms with E-state index in [1.54, 1.807) is 0 Å². The van der Waals surface area contributed by atoms with E-state index in [9.17, 15) is 27.9 Å². The maximum absolute atomic E-state index is 14.5. The first-order chi connectivity index (χ1) is 12.7. The average molecular weight is 377 g/mol. The van der Waals surface area contributed by atoms with Gasteiger partial charge >= 0.3 is 5.97 Å². The van der Waals surface area contributed by atoms with Crippen molar-refractivity contribution >= 4 is 28.2 Å². The molecule has 9 heteroatoms. The number of benzene rings is 2. The number of hydrogen-bond donors (Lipinski definition) is 3. The third kappa shape index (κ3) is 2.77. The lowest BCUT2D eigenvalue weighted by Crippen LogP contribution is -2.20. The van der Waals surface area contributed by atoms with Gasteiger partial charge in [-0.05, 0) is 19.1 Å². The number of nitrogens with two attached hydrogens (primary N) is 1. The summed E-state index contributed by atoms with van der Waals surface area (Å²) in [6.45, 7) is 1.31. The number of nitrogens with one attached hydrogen (secondary N) is 1. The molecule has 0 atom stereocenters. The zero-order chi connectivity index (χ0) is 20.0. The summed E-state index contributed by atoms with van der Waals surface area (Å²) in [4.78, 5) is 24.0. The van der Waals surface area contributed by atoms with E-state index >= 15 is 0 Å². The minimum absolute atomic E-state index is 0.0201. The van der Waals surface area contributed by atoms with E-state index in [2.05, 4.69) is 5.32 Å². The number of hydrogen-bond acceptors (Lipinski definition) is 4. The van der Waals surface area contributed by atoms with Gasteiger partial charge in [-0.1, -0.05) is 0 Å². The lowest BCUT2D eigenvalue weighted by Gasteiger charge is -2.17. The smallest absolute Gasteiger partial charge is 0.341 e. The predicted octanol–water partition coefficient (Wildman–Crippen LogP) is 3.04. The highest BCUT2D eigenvalue weighted by molar-refractivity contribution is 5.95. The summed E-state index contributed by atoms with van der Waals surface area (Å²) < 4.78 is 43.4. The third-order valence-electron chi connectivity index (χ3n) is 4.29. The van der Waals surface area contributed by atoms with E-state index in [1.807, 2.05) is 0 Å². The second kappa shape index (κ2) is 6.35. The van der Waals surface area contributed by atoms with Crippen LogP contribution in [0.15, 0.2) is 29.2 Å². The molecular weight excluding hydrogens is 363 g/mol. The number of aromatic carboxylic acids is 1. The van der Waals surface area contributed by atoms with Crippen molar-refractivity contribution in [1.29, 1.82) is 0 Å². The molecule has 27 heavy (non-hydrogen) atoms. The maximum Gasteiger partial charge on any atom is 0.341 e. The monoisotopic (exact) mass is 377 g/mol. The van der Waals surface area contributed by atoms with E-state index in [0.717, 1.165) is 16.8 Å². The third-order valence-corrected chi connectivity index (χ3v) is 4.29. The standard InChI is InChI=1S/C18H14F3N3O3/c1-7-15-14(5-12(23-2)16(7)21)24(6-8(17(15)25)18(26)27)13-4-11(22)9(19)3-10(13)20/h3-6,23H,22H2,1-2H3,(H,26,27). The number of fused-ring (bicyclic) bond motifs is 1. The van der Waals surface area contributed by atoms with Crippen molar-refractivity contribution in [1.82, 2.24) is 4.57 Å². The van der Waals surface area contributed by atoms with Crippen LogP contribution in [-0.4, -0.2) is 22.7 Å². The van der Waals surface area contributed by atoms with E-state index in [-0.39, 0.29) is 33.5 Å². The van der Waals surface area contributed by atoms with Crippen molar-refractivity contribution < 1.29 is 23.1 Å². The van der Waals surface area contributed by atoms with Gasteiger partial charge in [-0.25, -0.2) is 18.0 Å². The molecule has 1 aromatic heterocycles. The van der Waals surface area contributed by atoms with Crippen LogP contribution in [0.5, 0.6) is 0 Å². The van der Waals surface area contributed by atoms with Crippen LogP contribution in [0.25, 0.3) is 16.6 Å². The van der Waals surface area contributed by atoms with Crippen LogP contribution in [0.3, 0.4) is 0 Å². The molecule has 0 aliphatic rings. The molecule has 0 spiro atoms. The minimum Gasteiger partial charge on any atom is -0.477 e. The Morgan fingerprint density at radius 3 is 2.44 bits per heavy atom. The molecule has 0 amide bonds. The Morgan fingerprint density at radius 1 is 1.19 bits per heavy atom. The fourth-order valence-corrected chi connectivity index (χ4v) is 2.92. The Bertz CT molecular complexity index is 1170. The Balaban J connectivity index is 2.58. The van der Waals surface area contributed by atoms with E-state index < -0.39 is 34.4 Å². The number of halogens is 3. The maximum atomic E-state index is 14.5. The summed E-state index contributed by atoms with van der Waals surface area (Å²) in [6, 6.07) is 2.76. The zero-order valence-electron chi connectivity index (χ0n) is 14.2. The van der Waals surface area contributed by atoms with Crippen molar-refractivity contribution in [2.45, 2.75) is 6.92 Å². The first-order valence-corrected chi connectivity index (χ1v) is 7.71. The molecule has 0 saturated heterocycles. The number of aromatic nitrogens is 1. The highest BCUT2D eigenvalue weighted by atomic mass is 19.1. The van der Waals surface area contributed by atoms with Gasteiger partial charge in [0.1, 0.15) is 23.0 Å². The largest absolute Gasteiger partial charge is 0.477 e. The molecular formula is C18H14F3N3O3. The highest BCUT2D eigenvalue weighted by Gasteiger charge is 2.22. The molecule has 4 N–H and O–H groups in total. The molecule has 6 nitrogen and oxygen atoms in total. The van der Waals surface area contributed by atoms with Crippen LogP contribution >= 0.6 is 0 Å². The van der Waals surface area contributed by atoms with Crippen molar-refractivity contribution in [3.05, 3.63) is 63.2 Å². The lowest BCUT2D eigenvalue weighted by atomic mass is 10.0. The van der Waals surface area contributed by atoms with Gasteiger partial charge in [0.15, 0.2) is 0 Å². The van der Waals surface area contributed by atoms with E-state index in [4.69, 9.17) is 5.73 Å². The van der Waals surface area contributed by atoms with Gasteiger partial charge in [0, 0.05) is 24.9 Å². The summed E-state index contributed by atoms with van der Waals surface area (Å²) in [6.07, 6.45) is 0.902. The average Bonchev–Trinajstić information content (AvgIpc) is 2.61. The number of carbonyl (C=O) groups is 1. The van der Waals surface area contributed by atoms with Crippen LogP contribution in [0.4, 0.5) is 24.5 Å². The molecule has 2 aromatic carbocycles. The summed E-state index contributed by atoms with van der Waals surface area (Å²) in [5.41, 5.74) is 3.20. The summed E-state index contributed by atoms with van der Waals surface area (Å²) >= 11 is 0. The van der Waals surface area contributed by atoms with Crippen LogP contribution in [0, 0.1) is 24.4 Å². The Morgan fingerprint density at radius 2 is 1.85 bits per heavy atom. The van der Waals surface area contributed by atoms with E-state index in [0.29, 0.717) is 6.07 Å². The van der Waals surface area contributed by atoms with E-state index in [1.165, 1.54) is 20.0 Å². The molecule has 0 radical (unpaired) electrons. The van der Waals surface area contributed by atoms with Crippen LogP contribution in [0.2, 0.25) is 0 Å².